The minimum Gasteiger partial charge on any atom is -0.364 e. The summed E-state index contributed by atoms with van der Waals surface area (Å²) in [6.07, 6.45) is 0.331. The molecule has 0 aromatic heterocycles. The van der Waals surface area contributed by atoms with Crippen LogP contribution in [0.5, 0.6) is 0 Å². The first kappa shape index (κ1) is 16.1. The van der Waals surface area contributed by atoms with Crippen LogP contribution < -0.4 is 4.90 Å². The van der Waals surface area contributed by atoms with E-state index >= 15 is 0 Å². The fourth-order valence-corrected chi connectivity index (χ4v) is 4.51. The van der Waals surface area contributed by atoms with Crippen molar-refractivity contribution in [3.05, 3.63) is 29.8 Å². The van der Waals surface area contributed by atoms with Crippen molar-refractivity contribution in [2.24, 2.45) is 5.41 Å². The summed E-state index contributed by atoms with van der Waals surface area (Å²) in [6.45, 7) is 2.23. The molecule has 4 rings (SSSR count). The number of nitrogens with zero attached hydrogens (tertiary/aromatic N) is 4. The molecule has 3 aliphatic rings. The molecule has 132 valence electrons. The van der Waals surface area contributed by atoms with E-state index in [0.29, 0.717) is 13.0 Å². The SMILES string of the molecule is CN1CCN2c3ccccc3CC3(C(=O)N(C)C(=O)N(C)C3=O)[C@@H]2C1. The number of carbonyl (C=O) groups is 3. The summed E-state index contributed by atoms with van der Waals surface area (Å²) in [5.74, 6) is -0.777. The third-order valence-corrected chi connectivity index (χ3v) is 5.87. The lowest BCUT2D eigenvalue weighted by Gasteiger charge is -2.55. The van der Waals surface area contributed by atoms with Crippen molar-refractivity contribution < 1.29 is 14.4 Å². The Morgan fingerprint density at radius 1 is 0.960 bits per heavy atom. The number of benzene rings is 1. The summed E-state index contributed by atoms with van der Waals surface area (Å²) in [4.78, 5) is 45.3. The third kappa shape index (κ3) is 1.99. The molecule has 1 atom stereocenters. The lowest BCUT2D eigenvalue weighted by Crippen LogP contribution is -2.74. The maximum atomic E-state index is 13.3. The molecule has 25 heavy (non-hydrogen) atoms. The highest BCUT2D eigenvalue weighted by atomic mass is 16.2. The monoisotopic (exact) mass is 342 g/mol. The lowest BCUT2D eigenvalue weighted by molar-refractivity contribution is -0.160. The average Bonchev–Trinajstić information content (AvgIpc) is 2.63. The molecule has 0 aliphatic carbocycles. The number of imide groups is 2. The van der Waals surface area contributed by atoms with E-state index in [4.69, 9.17) is 0 Å². The van der Waals surface area contributed by atoms with E-state index in [1.165, 1.54) is 14.1 Å². The van der Waals surface area contributed by atoms with Crippen LogP contribution in [0.15, 0.2) is 24.3 Å². The normalized spacial score (nSPS) is 26.1. The molecular weight excluding hydrogens is 320 g/mol. The number of urea groups is 1. The Morgan fingerprint density at radius 3 is 2.28 bits per heavy atom. The van der Waals surface area contributed by atoms with Gasteiger partial charge >= 0.3 is 6.03 Å². The van der Waals surface area contributed by atoms with Crippen LogP contribution >= 0.6 is 0 Å². The van der Waals surface area contributed by atoms with Gasteiger partial charge in [0.1, 0.15) is 0 Å². The summed E-state index contributed by atoms with van der Waals surface area (Å²) in [6, 6.07) is 7.10. The molecule has 0 unspecified atom stereocenters. The largest absolute Gasteiger partial charge is 0.364 e. The van der Waals surface area contributed by atoms with Crippen molar-refractivity contribution >= 4 is 23.5 Å². The molecule has 1 aromatic rings. The topological polar surface area (TPSA) is 64.2 Å². The maximum Gasteiger partial charge on any atom is 0.332 e. The maximum absolute atomic E-state index is 13.3. The molecule has 1 spiro atoms. The predicted molar refractivity (Wildman–Crippen MR) is 92.1 cm³/mol. The minimum atomic E-state index is -1.25. The molecule has 2 saturated heterocycles. The van der Waals surface area contributed by atoms with Crippen LogP contribution in [-0.2, 0) is 16.0 Å². The Morgan fingerprint density at radius 2 is 1.60 bits per heavy atom. The highest BCUT2D eigenvalue weighted by Gasteiger charge is 2.63. The van der Waals surface area contributed by atoms with Gasteiger partial charge in [-0.3, -0.25) is 19.4 Å². The van der Waals surface area contributed by atoms with Gasteiger partial charge in [-0.25, -0.2) is 4.79 Å². The van der Waals surface area contributed by atoms with Crippen molar-refractivity contribution in [2.75, 3.05) is 45.7 Å². The van der Waals surface area contributed by atoms with Crippen LogP contribution in [0, 0.1) is 5.41 Å². The average molecular weight is 342 g/mol. The van der Waals surface area contributed by atoms with Crippen molar-refractivity contribution in [2.45, 2.75) is 12.5 Å². The molecule has 2 fully saturated rings. The summed E-state index contributed by atoms with van der Waals surface area (Å²) in [7, 11) is 4.93. The molecule has 7 heteroatoms. The first-order valence-electron chi connectivity index (χ1n) is 8.51. The molecule has 0 N–H and O–H groups in total. The zero-order valence-corrected chi connectivity index (χ0v) is 14.7. The van der Waals surface area contributed by atoms with Gasteiger partial charge in [0.05, 0.1) is 6.04 Å². The number of amides is 4. The highest BCUT2D eigenvalue weighted by Crippen LogP contribution is 2.46. The van der Waals surface area contributed by atoms with Crippen LogP contribution in [0.3, 0.4) is 0 Å². The zero-order chi connectivity index (χ0) is 17.9. The van der Waals surface area contributed by atoms with E-state index in [1.54, 1.807) is 0 Å². The van der Waals surface area contributed by atoms with Crippen LogP contribution in [0.25, 0.3) is 0 Å². The Kier molecular flexibility index (Phi) is 3.40. The number of barbiturate groups is 1. The number of para-hydroxylation sites is 1. The van der Waals surface area contributed by atoms with Gasteiger partial charge in [-0.2, -0.15) is 0 Å². The molecular formula is C18H22N4O3. The highest BCUT2D eigenvalue weighted by molar-refractivity contribution is 6.20. The number of carbonyl (C=O) groups excluding carboxylic acids is 3. The van der Waals surface area contributed by atoms with Gasteiger partial charge in [0, 0.05) is 39.4 Å². The summed E-state index contributed by atoms with van der Waals surface area (Å²) < 4.78 is 0. The Hall–Kier alpha value is -2.41. The van der Waals surface area contributed by atoms with Gasteiger partial charge < -0.3 is 9.80 Å². The van der Waals surface area contributed by atoms with Gasteiger partial charge in [-0.05, 0) is 25.1 Å². The van der Waals surface area contributed by atoms with Crippen LogP contribution in [-0.4, -0.2) is 79.4 Å². The summed E-state index contributed by atoms with van der Waals surface area (Å²) >= 11 is 0. The van der Waals surface area contributed by atoms with E-state index in [0.717, 1.165) is 34.1 Å². The molecule has 4 amide bonds. The molecule has 0 saturated carbocycles. The summed E-state index contributed by atoms with van der Waals surface area (Å²) in [5.41, 5.74) is 0.829. The summed E-state index contributed by atoms with van der Waals surface area (Å²) in [5, 5.41) is 0. The number of rotatable bonds is 0. The quantitative estimate of drug-likeness (QED) is 0.639. The fraction of sp³-hybridized carbons (Fsp3) is 0.500. The Bertz CT molecular complexity index is 753. The van der Waals surface area contributed by atoms with Crippen molar-refractivity contribution in [1.82, 2.24) is 14.7 Å². The predicted octanol–water partition coefficient (Wildman–Crippen LogP) is 0.400. The lowest BCUT2D eigenvalue weighted by atomic mass is 9.67. The van der Waals surface area contributed by atoms with E-state index in [2.05, 4.69) is 15.9 Å². The Labute approximate surface area is 146 Å². The van der Waals surface area contributed by atoms with Crippen molar-refractivity contribution in [3.63, 3.8) is 0 Å². The number of fused-ring (bicyclic) bond motifs is 4. The van der Waals surface area contributed by atoms with E-state index in [-0.39, 0.29) is 17.9 Å². The van der Waals surface area contributed by atoms with Gasteiger partial charge in [0.15, 0.2) is 5.41 Å². The fourth-order valence-electron chi connectivity index (χ4n) is 4.51. The van der Waals surface area contributed by atoms with Gasteiger partial charge in [-0.1, -0.05) is 18.2 Å². The van der Waals surface area contributed by atoms with Crippen LogP contribution in [0.1, 0.15) is 5.56 Å². The van der Waals surface area contributed by atoms with E-state index in [1.807, 2.05) is 25.2 Å². The molecule has 0 bridgehead atoms. The van der Waals surface area contributed by atoms with Crippen molar-refractivity contribution in [3.8, 4) is 0 Å². The Balaban J connectivity index is 1.92. The molecule has 3 aliphatic heterocycles. The molecule has 7 nitrogen and oxygen atoms in total. The number of hydrogen-bond donors (Lipinski definition) is 0. The second kappa shape index (κ2) is 5.29. The first-order chi connectivity index (χ1) is 11.9. The molecule has 3 heterocycles. The minimum absolute atomic E-state index is 0.279. The second-order valence-corrected chi connectivity index (χ2v) is 7.26. The van der Waals surface area contributed by atoms with E-state index < -0.39 is 11.4 Å². The standard InChI is InChI=1S/C18H22N4O3/c1-19-8-9-22-13-7-5-4-6-12(13)10-18(14(22)11-19)15(23)20(2)17(25)21(3)16(18)24/h4-7,14H,8-11H2,1-3H3/t14-/m0/s1. The van der Waals surface area contributed by atoms with Crippen LogP contribution in [0.4, 0.5) is 10.5 Å². The van der Waals surface area contributed by atoms with Gasteiger partial charge in [0.2, 0.25) is 11.8 Å². The van der Waals surface area contributed by atoms with Crippen LogP contribution in [0.2, 0.25) is 0 Å². The van der Waals surface area contributed by atoms with Crippen molar-refractivity contribution in [1.29, 1.82) is 0 Å². The third-order valence-electron chi connectivity index (χ3n) is 5.87. The van der Waals surface area contributed by atoms with Gasteiger partial charge in [0.25, 0.3) is 0 Å². The first-order valence-corrected chi connectivity index (χ1v) is 8.51. The number of anilines is 1. The second-order valence-electron chi connectivity index (χ2n) is 7.26. The number of hydrogen-bond acceptors (Lipinski definition) is 5. The number of piperazine rings is 1. The van der Waals surface area contributed by atoms with E-state index in [9.17, 15) is 14.4 Å². The molecule has 1 aromatic carbocycles. The van der Waals surface area contributed by atoms with Gasteiger partial charge in [-0.15, -0.1) is 0 Å². The number of likely N-dealkylation sites (N-methyl/N-ethyl adjacent to an activating group) is 1. The zero-order valence-electron chi connectivity index (χ0n) is 14.7. The smallest absolute Gasteiger partial charge is 0.332 e. The molecule has 0 radical (unpaired) electrons.